The molecule has 14 heteroatoms. The predicted octanol–water partition coefficient (Wildman–Crippen LogP) is 1.71. The second-order valence-electron chi connectivity index (χ2n) is 14.2. The van der Waals surface area contributed by atoms with Crippen LogP contribution >= 0.6 is 0 Å². The molecular weight excluding hydrogens is 632 g/mol. The van der Waals surface area contributed by atoms with Crippen LogP contribution in [-0.2, 0) is 62.0 Å². The van der Waals surface area contributed by atoms with Crippen LogP contribution in [0.1, 0.15) is 79.6 Å². The second kappa shape index (κ2) is 13.1. The van der Waals surface area contributed by atoms with E-state index in [0.29, 0.717) is 32.1 Å². The van der Waals surface area contributed by atoms with Crippen LogP contribution in [0.5, 0.6) is 0 Å². The molecule has 4 fully saturated rings. The second-order valence-corrected chi connectivity index (χ2v) is 14.2. The van der Waals surface area contributed by atoms with E-state index in [2.05, 4.69) is 6.92 Å². The Morgan fingerprint density at radius 2 is 1.52 bits per heavy atom. The molecule has 0 amide bonds. The Morgan fingerprint density at radius 1 is 0.896 bits per heavy atom. The SMILES string of the molecule is COC(=O)[C@H]1O[C@@H](OCC(=O)[C@]2(O)CC[C@@H]3[C@H]4CCC5=CC(=O)CC[C@@]5(C)[C@@H]4C(=O)C[C@@]32C)[C@H](OC(C)=O)[C@@H](OC(C)=O)[C@@H]1OC(C)=O. The molecule has 1 N–H and O–H groups in total. The Hall–Kier alpha value is -3.49. The fraction of sp³-hybridized carbons (Fsp3) is 0.735. The number of hydrogen-bond acceptors (Lipinski definition) is 14. The molecule has 11 atom stereocenters. The van der Waals surface area contributed by atoms with Crippen molar-refractivity contribution in [3.63, 3.8) is 0 Å². The molecule has 3 saturated carbocycles. The fourth-order valence-corrected chi connectivity index (χ4v) is 9.34. The number of Topliss-reactive ketones (excluding diaryl/α,β-unsaturated/α-hetero) is 2. The Balaban J connectivity index is 1.39. The number of fused-ring (bicyclic) bond motifs is 5. The van der Waals surface area contributed by atoms with Gasteiger partial charge in [-0.05, 0) is 55.4 Å². The first-order valence-electron chi connectivity index (χ1n) is 16.4. The van der Waals surface area contributed by atoms with Gasteiger partial charge in [0.2, 0.25) is 0 Å². The lowest BCUT2D eigenvalue weighted by Gasteiger charge is -2.57. The van der Waals surface area contributed by atoms with E-state index >= 15 is 0 Å². The molecule has 48 heavy (non-hydrogen) atoms. The van der Waals surface area contributed by atoms with Gasteiger partial charge in [0, 0.05) is 44.9 Å². The number of rotatable bonds is 8. The molecule has 4 aliphatic carbocycles. The summed E-state index contributed by atoms with van der Waals surface area (Å²) in [4.78, 5) is 89.1. The lowest BCUT2D eigenvalue weighted by molar-refractivity contribution is -0.300. The summed E-state index contributed by atoms with van der Waals surface area (Å²) in [5.41, 5.74) is -2.49. The number of ether oxygens (including phenoxy) is 6. The van der Waals surface area contributed by atoms with Gasteiger partial charge < -0.3 is 33.5 Å². The summed E-state index contributed by atoms with van der Waals surface area (Å²) in [6.07, 6.45) is -3.64. The summed E-state index contributed by atoms with van der Waals surface area (Å²) in [6.45, 7) is 6.21. The van der Waals surface area contributed by atoms with Gasteiger partial charge in [0.05, 0.1) is 7.11 Å². The van der Waals surface area contributed by atoms with Crippen molar-refractivity contribution >= 4 is 41.2 Å². The van der Waals surface area contributed by atoms with Crippen LogP contribution in [0.15, 0.2) is 11.6 Å². The molecule has 1 saturated heterocycles. The zero-order valence-corrected chi connectivity index (χ0v) is 28.1. The first kappa shape index (κ1) is 35.8. The van der Waals surface area contributed by atoms with Gasteiger partial charge in [-0.15, -0.1) is 0 Å². The average Bonchev–Trinajstić information content (AvgIpc) is 3.27. The number of esters is 4. The van der Waals surface area contributed by atoms with Crippen molar-refractivity contribution < 1.29 is 67.1 Å². The summed E-state index contributed by atoms with van der Waals surface area (Å²) in [5, 5.41) is 12.1. The highest BCUT2D eigenvalue weighted by atomic mass is 16.7. The molecule has 1 heterocycles. The zero-order valence-electron chi connectivity index (χ0n) is 28.1. The van der Waals surface area contributed by atoms with Crippen LogP contribution in [0.2, 0.25) is 0 Å². The van der Waals surface area contributed by atoms with E-state index in [4.69, 9.17) is 28.4 Å². The van der Waals surface area contributed by atoms with E-state index in [0.717, 1.165) is 33.5 Å². The average molecular weight is 677 g/mol. The van der Waals surface area contributed by atoms with Crippen molar-refractivity contribution in [2.24, 2.45) is 28.6 Å². The minimum absolute atomic E-state index is 0.0309. The molecule has 0 radical (unpaired) electrons. The predicted molar refractivity (Wildman–Crippen MR) is 160 cm³/mol. The fourth-order valence-electron chi connectivity index (χ4n) is 9.34. The molecule has 0 aromatic heterocycles. The maximum Gasteiger partial charge on any atom is 0.339 e. The molecular formula is C34H44O14. The van der Waals surface area contributed by atoms with E-state index in [1.165, 1.54) is 0 Å². The monoisotopic (exact) mass is 676 g/mol. The van der Waals surface area contributed by atoms with Crippen molar-refractivity contribution in [1.29, 1.82) is 0 Å². The Bertz CT molecular complexity index is 1430. The number of carbonyl (C=O) groups is 7. The highest BCUT2D eigenvalue weighted by Crippen LogP contribution is 2.66. The Morgan fingerprint density at radius 3 is 2.15 bits per heavy atom. The molecule has 264 valence electrons. The molecule has 14 nitrogen and oxygen atoms in total. The highest BCUT2D eigenvalue weighted by molar-refractivity contribution is 5.94. The molecule has 0 aromatic rings. The topological polar surface area (TPSA) is 195 Å². The molecule has 0 bridgehead atoms. The Labute approximate surface area is 278 Å². The van der Waals surface area contributed by atoms with Crippen LogP contribution in [0.3, 0.4) is 0 Å². The van der Waals surface area contributed by atoms with Crippen molar-refractivity contribution in [3.05, 3.63) is 11.6 Å². The van der Waals surface area contributed by atoms with Crippen LogP contribution in [-0.4, -0.2) is 96.4 Å². The van der Waals surface area contributed by atoms with Crippen LogP contribution in [0, 0.1) is 28.6 Å². The van der Waals surface area contributed by atoms with E-state index in [1.54, 1.807) is 13.0 Å². The number of ketones is 3. The van der Waals surface area contributed by atoms with Crippen molar-refractivity contribution in [2.45, 2.75) is 116 Å². The number of allylic oxidation sites excluding steroid dienone is 1. The summed E-state index contributed by atoms with van der Waals surface area (Å²) < 4.78 is 32.3. The smallest absolute Gasteiger partial charge is 0.339 e. The first-order valence-corrected chi connectivity index (χ1v) is 16.4. The lowest BCUT2D eigenvalue weighted by Crippen LogP contribution is -2.64. The molecule has 5 aliphatic rings. The van der Waals surface area contributed by atoms with Crippen LogP contribution in [0.25, 0.3) is 0 Å². The molecule has 5 rings (SSSR count). The zero-order chi connectivity index (χ0) is 35.3. The van der Waals surface area contributed by atoms with E-state index in [1.807, 2.05) is 0 Å². The van der Waals surface area contributed by atoms with E-state index < -0.39 is 83.4 Å². The number of methoxy groups -OCH3 is 1. The minimum Gasteiger partial charge on any atom is -0.467 e. The third-order valence-electron chi connectivity index (χ3n) is 11.5. The van der Waals surface area contributed by atoms with Gasteiger partial charge >= 0.3 is 23.9 Å². The summed E-state index contributed by atoms with van der Waals surface area (Å²) >= 11 is 0. The third kappa shape index (κ3) is 6.00. The van der Waals surface area contributed by atoms with E-state index in [9.17, 15) is 38.7 Å². The maximum atomic E-state index is 14.0. The normalized spacial score (nSPS) is 40.4. The number of hydrogen-bond donors (Lipinski definition) is 1. The van der Waals surface area contributed by atoms with Gasteiger partial charge in [-0.1, -0.05) is 19.4 Å². The largest absolute Gasteiger partial charge is 0.467 e. The number of carbonyl (C=O) groups excluding carboxylic acids is 7. The Kier molecular flexibility index (Phi) is 9.76. The van der Waals surface area contributed by atoms with Gasteiger partial charge in [-0.2, -0.15) is 0 Å². The highest BCUT2D eigenvalue weighted by Gasteiger charge is 2.68. The summed E-state index contributed by atoms with van der Waals surface area (Å²) in [5.74, 6) is -4.85. The molecule has 1 aliphatic heterocycles. The van der Waals surface area contributed by atoms with E-state index in [-0.39, 0.29) is 42.2 Å². The number of aliphatic hydroxyl groups is 1. The molecule has 0 aromatic carbocycles. The van der Waals surface area contributed by atoms with Gasteiger partial charge in [0.1, 0.15) is 18.0 Å². The van der Waals surface area contributed by atoms with Crippen molar-refractivity contribution in [2.75, 3.05) is 13.7 Å². The first-order chi connectivity index (χ1) is 22.5. The van der Waals surface area contributed by atoms with Gasteiger partial charge in [-0.3, -0.25) is 28.8 Å². The van der Waals surface area contributed by atoms with Crippen molar-refractivity contribution in [3.8, 4) is 0 Å². The third-order valence-corrected chi connectivity index (χ3v) is 11.5. The van der Waals surface area contributed by atoms with Gasteiger partial charge in [-0.25, -0.2) is 4.79 Å². The summed E-state index contributed by atoms with van der Waals surface area (Å²) in [7, 11) is 1.05. The van der Waals surface area contributed by atoms with Gasteiger partial charge in [0.15, 0.2) is 42.3 Å². The van der Waals surface area contributed by atoms with Gasteiger partial charge in [0.25, 0.3) is 0 Å². The standard InChI is InChI=1S/C34H44O14/c1-16(35)45-26-27(46-17(2)36)29(47-18(3)37)31(48-28(26)30(41)43-6)44-15-24(40)34(42)12-10-22-21-8-7-19-13-20(38)9-11-32(19,4)25(21)23(39)14-33(22,34)5/h13,21-22,25-29,31,42H,7-12,14-15H2,1-6H3/t21-,22-,25+,26+,27+,28+,29-,31-,32-,33+,34-/m1/s1. The molecule has 0 spiro atoms. The lowest BCUT2D eigenvalue weighted by atomic mass is 9.46. The molecule has 0 unspecified atom stereocenters. The van der Waals surface area contributed by atoms with Crippen molar-refractivity contribution in [1.82, 2.24) is 0 Å². The van der Waals surface area contributed by atoms with Crippen LogP contribution in [0.4, 0.5) is 0 Å². The van der Waals surface area contributed by atoms with Crippen LogP contribution < -0.4 is 0 Å². The summed E-state index contributed by atoms with van der Waals surface area (Å²) in [6, 6.07) is 0. The quantitative estimate of drug-likeness (QED) is 0.288. The maximum absolute atomic E-state index is 14.0. The minimum atomic E-state index is -1.96.